The Morgan fingerprint density at radius 3 is 2.15 bits per heavy atom. The number of aliphatic hydroxyl groups excluding tert-OH is 3. The molecular weight excluding hydrogens is 528 g/mol. The first-order valence-corrected chi connectivity index (χ1v) is 13.7. The maximum Gasteiger partial charge on any atom is 0.410 e. The lowest BCUT2D eigenvalue weighted by atomic mass is 9.63. The van der Waals surface area contributed by atoms with E-state index in [1.54, 1.807) is 4.90 Å². The van der Waals surface area contributed by atoms with Gasteiger partial charge in [0.25, 0.3) is 0 Å². The van der Waals surface area contributed by atoms with Gasteiger partial charge in [0.1, 0.15) is 6.61 Å². The van der Waals surface area contributed by atoms with Crippen LogP contribution in [0.2, 0.25) is 0 Å². The van der Waals surface area contributed by atoms with Gasteiger partial charge in [-0.25, -0.2) is 4.79 Å². The summed E-state index contributed by atoms with van der Waals surface area (Å²) < 4.78 is 5.66. The summed E-state index contributed by atoms with van der Waals surface area (Å²) >= 11 is 0. The first-order chi connectivity index (χ1) is 19.8. The second-order valence-corrected chi connectivity index (χ2v) is 10.9. The number of nitrogens with zero attached hydrogens (tertiary/aromatic N) is 7. The van der Waals surface area contributed by atoms with Crippen molar-refractivity contribution in [2.45, 2.75) is 68.9 Å². The molecule has 2 aliphatic carbocycles. The van der Waals surface area contributed by atoms with Crippen LogP contribution < -0.4 is 5.73 Å². The smallest absolute Gasteiger partial charge is 0.410 e. The molecule has 0 spiro atoms. The van der Waals surface area contributed by atoms with Crippen molar-refractivity contribution in [3.63, 3.8) is 0 Å². The number of aliphatic hydroxyl groups is 3. The third-order valence-corrected chi connectivity index (χ3v) is 8.27. The van der Waals surface area contributed by atoms with Gasteiger partial charge in [-0.15, -0.1) is 0 Å². The Hall–Kier alpha value is -3.83. The Morgan fingerprint density at radius 1 is 0.902 bits per heavy atom. The van der Waals surface area contributed by atoms with Crippen LogP contribution in [0.5, 0.6) is 0 Å². The highest BCUT2D eigenvalue weighted by Gasteiger charge is 2.53. The zero-order chi connectivity index (χ0) is 29.4. The van der Waals surface area contributed by atoms with Crippen molar-refractivity contribution in [2.24, 2.45) is 33.7 Å². The Kier molecular flexibility index (Phi) is 10.4. The molecule has 13 heteroatoms. The van der Waals surface area contributed by atoms with Gasteiger partial charge in [-0.3, -0.25) is 0 Å². The fourth-order valence-electron chi connectivity index (χ4n) is 6.23. The standard InChI is InChI=1S/C28H36N8O5/c29-21-12-11-19(13-20(21)22-23(32-34-30)26(38)24(33-35-31)27(39)25(22)37)15-36(14-17-7-3-1-4-8-17)28(40)41-16-18-9-5-2-6-10-18/h1-10,19-27,37-39H,11-16,29H2/t19-,20?,21-,22-,23?,24?,25+,26+,27+/m1/s1. The Labute approximate surface area is 237 Å². The van der Waals surface area contributed by atoms with Gasteiger partial charge in [0.15, 0.2) is 0 Å². The van der Waals surface area contributed by atoms with Crippen LogP contribution in [0.4, 0.5) is 4.79 Å². The monoisotopic (exact) mass is 564 g/mol. The predicted molar refractivity (Wildman–Crippen MR) is 150 cm³/mol. The van der Waals surface area contributed by atoms with E-state index in [0.717, 1.165) is 11.1 Å². The Balaban J connectivity index is 1.53. The molecule has 0 bridgehead atoms. The number of benzene rings is 2. The SMILES string of the molecule is [N-]=[N+]=NC1[C@H](O)C(N=[N+]=[N-])[C@H](O)[C@@H](O)[C@@H]1C1C[C@H](CN(Cc2ccccc2)C(=O)OCc2ccccc2)CC[C@H]1N. The van der Waals surface area contributed by atoms with E-state index in [1.165, 1.54) is 0 Å². The highest BCUT2D eigenvalue weighted by Crippen LogP contribution is 2.42. The minimum Gasteiger partial charge on any atom is -0.445 e. The van der Waals surface area contributed by atoms with Crippen LogP contribution in [0, 0.1) is 17.8 Å². The van der Waals surface area contributed by atoms with E-state index in [9.17, 15) is 25.6 Å². The molecule has 0 aromatic heterocycles. The van der Waals surface area contributed by atoms with E-state index >= 15 is 0 Å². The summed E-state index contributed by atoms with van der Waals surface area (Å²) in [4.78, 5) is 20.4. The molecule has 1 amide bonds. The summed E-state index contributed by atoms with van der Waals surface area (Å²) in [5.74, 6) is -1.38. The van der Waals surface area contributed by atoms with Crippen LogP contribution in [0.1, 0.15) is 30.4 Å². The molecule has 2 fully saturated rings. The zero-order valence-corrected chi connectivity index (χ0v) is 22.6. The summed E-state index contributed by atoms with van der Waals surface area (Å²) in [6, 6.07) is 16.0. The third-order valence-electron chi connectivity index (χ3n) is 8.27. The molecule has 5 N–H and O–H groups in total. The van der Waals surface area contributed by atoms with E-state index in [4.69, 9.17) is 16.0 Å². The van der Waals surface area contributed by atoms with Crippen molar-refractivity contribution in [1.29, 1.82) is 0 Å². The molecule has 9 atom stereocenters. The van der Waals surface area contributed by atoms with Crippen molar-refractivity contribution >= 4 is 6.09 Å². The number of hydrogen-bond donors (Lipinski definition) is 4. The average Bonchev–Trinajstić information content (AvgIpc) is 2.99. The molecule has 3 unspecified atom stereocenters. The number of amides is 1. The van der Waals surface area contributed by atoms with E-state index in [1.807, 2.05) is 60.7 Å². The number of rotatable bonds is 9. The second-order valence-electron chi connectivity index (χ2n) is 10.9. The van der Waals surface area contributed by atoms with E-state index in [-0.39, 0.29) is 12.5 Å². The molecule has 41 heavy (non-hydrogen) atoms. The third kappa shape index (κ3) is 7.28. The van der Waals surface area contributed by atoms with E-state index in [0.29, 0.717) is 32.4 Å². The normalized spacial score (nSPS) is 31.3. The minimum atomic E-state index is -1.56. The number of nitrogens with two attached hydrogens (primary N) is 1. The van der Waals surface area contributed by atoms with E-state index in [2.05, 4.69) is 20.1 Å². The maximum atomic E-state index is 13.3. The first kappa shape index (κ1) is 30.1. The largest absolute Gasteiger partial charge is 0.445 e. The van der Waals surface area contributed by atoms with Gasteiger partial charge in [0, 0.05) is 34.9 Å². The highest BCUT2D eigenvalue weighted by atomic mass is 16.6. The summed E-state index contributed by atoms with van der Waals surface area (Å²) in [7, 11) is 0. The zero-order valence-electron chi connectivity index (χ0n) is 22.6. The summed E-state index contributed by atoms with van der Waals surface area (Å²) in [5.41, 5.74) is 26.4. The maximum absolute atomic E-state index is 13.3. The van der Waals surface area contributed by atoms with Crippen LogP contribution in [-0.2, 0) is 17.9 Å². The quantitative estimate of drug-likeness (QED) is 0.202. The minimum absolute atomic E-state index is 0.0455. The lowest BCUT2D eigenvalue weighted by Gasteiger charge is -2.49. The van der Waals surface area contributed by atoms with Crippen molar-refractivity contribution < 1.29 is 24.9 Å². The molecule has 2 aromatic rings. The first-order valence-electron chi connectivity index (χ1n) is 13.7. The summed E-state index contributed by atoms with van der Waals surface area (Å²) in [6.45, 7) is 0.820. The number of hydrogen-bond acceptors (Lipinski definition) is 8. The lowest BCUT2D eigenvalue weighted by Crippen LogP contribution is -2.63. The molecule has 0 aliphatic heterocycles. The predicted octanol–water partition coefficient (Wildman–Crippen LogP) is 3.64. The fourth-order valence-corrected chi connectivity index (χ4v) is 6.23. The van der Waals surface area contributed by atoms with Crippen molar-refractivity contribution in [2.75, 3.05) is 6.54 Å². The molecule has 13 nitrogen and oxygen atoms in total. The molecular formula is C28H36N8O5. The van der Waals surface area contributed by atoms with Gasteiger partial charge in [0.2, 0.25) is 0 Å². The highest BCUT2D eigenvalue weighted by molar-refractivity contribution is 5.67. The van der Waals surface area contributed by atoms with Gasteiger partial charge in [-0.05, 0) is 53.3 Å². The number of azide groups is 2. The molecule has 2 aliphatic rings. The summed E-state index contributed by atoms with van der Waals surface area (Å²) in [6.07, 6.45) is -3.26. The van der Waals surface area contributed by atoms with Crippen LogP contribution >= 0.6 is 0 Å². The molecule has 4 rings (SSSR count). The number of carbonyl (C=O) groups is 1. The van der Waals surface area contributed by atoms with Crippen molar-refractivity contribution in [3.05, 3.63) is 92.7 Å². The van der Waals surface area contributed by atoms with Gasteiger partial charge in [-0.2, -0.15) is 0 Å². The topological polar surface area (TPSA) is 214 Å². The van der Waals surface area contributed by atoms with E-state index < -0.39 is 54.4 Å². The van der Waals surface area contributed by atoms with Crippen LogP contribution in [0.25, 0.3) is 20.9 Å². The van der Waals surface area contributed by atoms with Gasteiger partial charge >= 0.3 is 6.09 Å². The lowest BCUT2D eigenvalue weighted by molar-refractivity contribution is -0.127. The molecule has 218 valence electrons. The molecule has 2 aromatic carbocycles. The van der Waals surface area contributed by atoms with Gasteiger partial charge in [-0.1, -0.05) is 70.9 Å². The second kappa shape index (κ2) is 14.2. The van der Waals surface area contributed by atoms with Gasteiger partial charge in [0.05, 0.1) is 30.4 Å². The fraction of sp³-hybridized carbons (Fsp3) is 0.536. The molecule has 0 radical (unpaired) electrons. The van der Waals surface area contributed by atoms with Crippen LogP contribution in [-0.4, -0.2) is 69.3 Å². The van der Waals surface area contributed by atoms with Crippen molar-refractivity contribution in [3.8, 4) is 0 Å². The number of ether oxygens (including phenoxy) is 1. The van der Waals surface area contributed by atoms with Gasteiger partial charge < -0.3 is 30.7 Å². The Bertz CT molecular complexity index is 1240. The molecule has 0 saturated heterocycles. The van der Waals surface area contributed by atoms with Crippen molar-refractivity contribution in [1.82, 2.24) is 4.90 Å². The molecule has 2 saturated carbocycles. The number of carbonyl (C=O) groups excluding carboxylic acids is 1. The van der Waals surface area contributed by atoms with Crippen LogP contribution in [0.15, 0.2) is 70.9 Å². The van der Waals surface area contributed by atoms with Crippen LogP contribution in [0.3, 0.4) is 0 Å². The summed E-state index contributed by atoms with van der Waals surface area (Å²) in [5, 5.41) is 39.8. The molecule has 0 heterocycles. The Morgan fingerprint density at radius 2 is 1.51 bits per heavy atom. The average molecular weight is 565 g/mol.